The van der Waals surface area contributed by atoms with Crippen LogP contribution in [0.5, 0.6) is 0 Å². The Kier molecular flexibility index (Phi) is 3.82. The highest BCUT2D eigenvalue weighted by Gasteiger charge is 2.17. The first-order valence-corrected chi connectivity index (χ1v) is 7.85. The molecule has 0 aliphatic carbocycles. The fourth-order valence-corrected chi connectivity index (χ4v) is 4.50. The Hall–Kier alpha value is -0.820. The Balaban J connectivity index is 2.88. The van der Waals surface area contributed by atoms with E-state index in [0.29, 0.717) is 0 Å². The molecule has 0 radical (unpaired) electrons. The summed E-state index contributed by atoms with van der Waals surface area (Å²) in [5, 5.41) is 1.56. The second-order valence-electron chi connectivity index (χ2n) is 5.31. The van der Waals surface area contributed by atoms with Crippen molar-refractivity contribution in [2.24, 2.45) is 0 Å². The highest BCUT2D eigenvalue weighted by atomic mass is 32.1. The fourth-order valence-electron chi connectivity index (χ4n) is 2.90. The zero-order valence-corrected chi connectivity index (χ0v) is 13.3. The molecule has 2 rings (SSSR count). The Morgan fingerprint density at radius 1 is 0.833 bits per heavy atom. The van der Waals surface area contributed by atoms with E-state index in [9.17, 15) is 0 Å². The molecular weight excluding hydrogens is 236 g/mol. The first-order chi connectivity index (χ1) is 8.52. The Labute approximate surface area is 115 Å². The van der Waals surface area contributed by atoms with E-state index in [2.05, 4.69) is 41.5 Å². The molecule has 0 saturated carbocycles. The van der Waals surface area contributed by atoms with Crippen molar-refractivity contribution in [2.45, 2.75) is 60.8 Å². The average Bonchev–Trinajstić information content (AvgIpc) is 2.73. The SMILES string of the molecule is CCCc1sc2c(C)c(C)c(C)c(C)c2c1CC. The summed E-state index contributed by atoms with van der Waals surface area (Å²) in [7, 11) is 0. The number of hydrogen-bond donors (Lipinski definition) is 0. The molecular formula is C17H24S. The largest absolute Gasteiger partial charge is 0.140 e. The summed E-state index contributed by atoms with van der Waals surface area (Å²) in [6.07, 6.45) is 3.65. The van der Waals surface area contributed by atoms with Crippen molar-refractivity contribution in [3.05, 3.63) is 32.7 Å². The van der Waals surface area contributed by atoms with Crippen LogP contribution in [0, 0.1) is 27.7 Å². The van der Waals surface area contributed by atoms with Gasteiger partial charge in [0.1, 0.15) is 0 Å². The van der Waals surface area contributed by atoms with Crippen LogP contribution < -0.4 is 0 Å². The van der Waals surface area contributed by atoms with Gasteiger partial charge in [0, 0.05) is 9.58 Å². The maximum absolute atomic E-state index is 2.30. The van der Waals surface area contributed by atoms with Crippen molar-refractivity contribution in [2.75, 3.05) is 0 Å². The minimum absolute atomic E-state index is 1.16. The maximum atomic E-state index is 2.30. The second-order valence-corrected chi connectivity index (χ2v) is 6.42. The van der Waals surface area contributed by atoms with E-state index in [1.165, 1.54) is 39.8 Å². The maximum Gasteiger partial charge on any atom is 0.0383 e. The molecule has 0 amide bonds. The smallest absolute Gasteiger partial charge is 0.0383 e. The Morgan fingerprint density at radius 2 is 1.44 bits per heavy atom. The molecule has 1 heteroatoms. The van der Waals surface area contributed by atoms with Crippen molar-refractivity contribution in [3.8, 4) is 0 Å². The second kappa shape index (κ2) is 5.05. The summed E-state index contributed by atoms with van der Waals surface area (Å²) in [6, 6.07) is 0. The zero-order valence-electron chi connectivity index (χ0n) is 12.5. The van der Waals surface area contributed by atoms with Crippen LogP contribution in [0.2, 0.25) is 0 Å². The molecule has 0 aliphatic heterocycles. The summed E-state index contributed by atoms with van der Waals surface area (Å²) in [4.78, 5) is 1.62. The molecule has 0 unspecified atom stereocenters. The first kappa shape index (κ1) is 13.6. The minimum atomic E-state index is 1.16. The zero-order chi connectivity index (χ0) is 13.4. The number of fused-ring (bicyclic) bond motifs is 1. The standard InChI is InChI=1S/C17H24S/c1-7-9-15-14(8-2)16-12(5)10(3)11(4)13(6)17(16)18-15/h7-9H2,1-6H3. The van der Waals surface area contributed by atoms with Crippen molar-refractivity contribution in [3.63, 3.8) is 0 Å². The van der Waals surface area contributed by atoms with Crippen LogP contribution in [0.1, 0.15) is 53.0 Å². The highest BCUT2D eigenvalue weighted by molar-refractivity contribution is 7.19. The van der Waals surface area contributed by atoms with Gasteiger partial charge in [0.05, 0.1) is 0 Å². The molecule has 2 aromatic rings. The third-order valence-electron chi connectivity index (χ3n) is 4.32. The van der Waals surface area contributed by atoms with Gasteiger partial charge in [0.2, 0.25) is 0 Å². The monoisotopic (exact) mass is 260 g/mol. The molecule has 0 spiro atoms. The number of rotatable bonds is 3. The van der Waals surface area contributed by atoms with Gasteiger partial charge in [-0.3, -0.25) is 0 Å². The summed E-state index contributed by atoms with van der Waals surface area (Å²) >= 11 is 2.04. The predicted molar refractivity (Wildman–Crippen MR) is 84.1 cm³/mol. The number of benzene rings is 1. The van der Waals surface area contributed by atoms with Crippen LogP contribution in [-0.4, -0.2) is 0 Å². The average molecular weight is 260 g/mol. The lowest BCUT2D eigenvalue weighted by atomic mass is 9.93. The molecule has 1 heterocycles. The lowest BCUT2D eigenvalue weighted by Gasteiger charge is -2.12. The van der Waals surface area contributed by atoms with Crippen LogP contribution in [-0.2, 0) is 12.8 Å². The van der Waals surface area contributed by atoms with E-state index >= 15 is 0 Å². The normalized spacial score (nSPS) is 11.4. The summed E-state index contributed by atoms with van der Waals surface area (Å²) in [6.45, 7) is 13.7. The molecule has 98 valence electrons. The Bertz CT molecular complexity index is 588. The van der Waals surface area contributed by atoms with E-state index in [1.807, 2.05) is 11.3 Å². The van der Waals surface area contributed by atoms with Gasteiger partial charge in [0.25, 0.3) is 0 Å². The van der Waals surface area contributed by atoms with Gasteiger partial charge in [-0.15, -0.1) is 11.3 Å². The first-order valence-electron chi connectivity index (χ1n) is 7.03. The predicted octanol–water partition coefficient (Wildman–Crippen LogP) is 5.65. The van der Waals surface area contributed by atoms with Crippen LogP contribution in [0.4, 0.5) is 0 Å². The van der Waals surface area contributed by atoms with E-state index in [0.717, 1.165) is 6.42 Å². The molecule has 18 heavy (non-hydrogen) atoms. The number of aryl methyl sites for hydroxylation is 4. The molecule has 0 saturated heterocycles. The summed E-state index contributed by atoms with van der Waals surface area (Å²) in [5.74, 6) is 0. The van der Waals surface area contributed by atoms with E-state index in [-0.39, 0.29) is 0 Å². The van der Waals surface area contributed by atoms with Crippen molar-refractivity contribution < 1.29 is 0 Å². The summed E-state index contributed by atoms with van der Waals surface area (Å²) in [5.41, 5.74) is 7.57. The van der Waals surface area contributed by atoms with Gasteiger partial charge in [-0.2, -0.15) is 0 Å². The number of thiophene rings is 1. The molecule has 1 aromatic heterocycles. The van der Waals surface area contributed by atoms with E-state index in [1.54, 1.807) is 15.8 Å². The minimum Gasteiger partial charge on any atom is -0.140 e. The van der Waals surface area contributed by atoms with Crippen LogP contribution >= 0.6 is 11.3 Å². The lowest BCUT2D eigenvalue weighted by Crippen LogP contribution is -1.94. The fraction of sp³-hybridized carbons (Fsp3) is 0.529. The third kappa shape index (κ3) is 1.89. The van der Waals surface area contributed by atoms with Gasteiger partial charge >= 0.3 is 0 Å². The topological polar surface area (TPSA) is 0 Å². The quantitative estimate of drug-likeness (QED) is 0.669. The molecule has 0 fully saturated rings. The van der Waals surface area contributed by atoms with Crippen LogP contribution in [0.3, 0.4) is 0 Å². The van der Waals surface area contributed by atoms with Crippen molar-refractivity contribution in [1.29, 1.82) is 0 Å². The molecule has 0 atom stereocenters. The Morgan fingerprint density at radius 3 is 2.00 bits per heavy atom. The summed E-state index contributed by atoms with van der Waals surface area (Å²) < 4.78 is 1.54. The molecule has 0 aliphatic rings. The third-order valence-corrected chi connectivity index (χ3v) is 5.74. The molecule has 0 nitrogen and oxygen atoms in total. The molecule has 1 aromatic carbocycles. The van der Waals surface area contributed by atoms with Crippen molar-refractivity contribution in [1.82, 2.24) is 0 Å². The highest BCUT2D eigenvalue weighted by Crippen LogP contribution is 2.39. The molecule has 0 bridgehead atoms. The van der Waals surface area contributed by atoms with E-state index < -0.39 is 0 Å². The molecule has 0 N–H and O–H groups in total. The van der Waals surface area contributed by atoms with Gasteiger partial charge in [-0.05, 0) is 73.7 Å². The van der Waals surface area contributed by atoms with Gasteiger partial charge in [0.15, 0.2) is 0 Å². The number of hydrogen-bond acceptors (Lipinski definition) is 1. The van der Waals surface area contributed by atoms with Crippen LogP contribution in [0.15, 0.2) is 0 Å². The van der Waals surface area contributed by atoms with Crippen molar-refractivity contribution >= 4 is 21.4 Å². The van der Waals surface area contributed by atoms with Gasteiger partial charge in [-0.1, -0.05) is 20.3 Å². The van der Waals surface area contributed by atoms with Gasteiger partial charge in [-0.25, -0.2) is 0 Å². The lowest BCUT2D eigenvalue weighted by molar-refractivity contribution is 0.923. The van der Waals surface area contributed by atoms with Crippen LogP contribution in [0.25, 0.3) is 10.1 Å². The van der Waals surface area contributed by atoms with Gasteiger partial charge < -0.3 is 0 Å². The van der Waals surface area contributed by atoms with E-state index in [4.69, 9.17) is 0 Å².